The molecule has 2 heterocycles. The average Bonchev–Trinajstić information content (AvgIpc) is 2.73. The lowest BCUT2D eigenvalue weighted by molar-refractivity contribution is -0.138. The molecule has 1 aromatic rings. The molecule has 0 unspecified atom stereocenters. The molecule has 0 saturated carbocycles. The molecule has 1 N–H and O–H groups in total. The van der Waals surface area contributed by atoms with Gasteiger partial charge in [0.05, 0.1) is 0 Å². The summed E-state index contributed by atoms with van der Waals surface area (Å²) in [7, 11) is 3.79. The lowest BCUT2D eigenvalue weighted by Gasteiger charge is -2.38. The van der Waals surface area contributed by atoms with Crippen LogP contribution in [0.4, 0.5) is 4.79 Å². The third-order valence-electron chi connectivity index (χ3n) is 5.91. The molecular formula is C21H32N4O2. The number of hydrogen-bond donors (Lipinski definition) is 1. The van der Waals surface area contributed by atoms with Gasteiger partial charge in [0.1, 0.15) is 0 Å². The van der Waals surface area contributed by atoms with E-state index in [-0.39, 0.29) is 17.9 Å². The Labute approximate surface area is 162 Å². The second kappa shape index (κ2) is 9.22. The van der Waals surface area contributed by atoms with Gasteiger partial charge in [-0.05, 0) is 44.3 Å². The van der Waals surface area contributed by atoms with Crippen LogP contribution >= 0.6 is 0 Å². The minimum atomic E-state index is 0.0494. The molecule has 6 nitrogen and oxygen atoms in total. The number of urea groups is 1. The molecule has 2 saturated heterocycles. The highest BCUT2D eigenvalue weighted by Gasteiger charge is 2.32. The Morgan fingerprint density at radius 3 is 2.30 bits per heavy atom. The minimum Gasteiger partial charge on any atom is -0.342 e. The molecule has 2 fully saturated rings. The molecule has 0 spiro atoms. The Morgan fingerprint density at radius 1 is 1.04 bits per heavy atom. The Bertz CT molecular complexity index is 622. The monoisotopic (exact) mass is 372 g/mol. The summed E-state index contributed by atoms with van der Waals surface area (Å²) in [5, 5.41) is 3.35. The summed E-state index contributed by atoms with van der Waals surface area (Å²) in [5.74, 6) is 0.306. The number of rotatable bonds is 4. The number of benzene rings is 1. The highest BCUT2D eigenvalue weighted by atomic mass is 16.2. The number of likely N-dealkylation sites (tertiary alicyclic amines) is 1. The third kappa shape index (κ3) is 5.01. The van der Waals surface area contributed by atoms with Crippen LogP contribution < -0.4 is 5.32 Å². The topological polar surface area (TPSA) is 55.9 Å². The van der Waals surface area contributed by atoms with Crippen molar-refractivity contribution < 1.29 is 9.59 Å². The van der Waals surface area contributed by atoms with Crippen molar-refractivity contribution in [3.8, 4) is 0 Å². The molecule has 0 aromatic heterocycles. The third-order valence-corrected chi connectivity index (χ3v) is 5.91. The molecule has 148 valence electrons. The van der Waals surface area contributed by atoms with Gasteiger partial charge < -0.3 is 20.0 Å². The summed E-state index contributed by atoms with van der Waals surface area (Å²) in [6.45, 7) is 3.91. The average molecular weight is 373 g/mol. The van der Waals surface area contributed by atoms with Crippen molar-refractivity contribution in [2.24, 2.45) is 5.92 Å². The van der Waals surface area contributed by atoms with Crippen LogP contribution in [0.15, 0.2) is 30.3 Å². The van der Waals surface area contributed by atoms with E-state index >= 15 is 0 Å². The van der Waals surface area contributed by atoms with Crippen LogP contribution in [-0.2, 0) is 11.3 Å². The number of carbonyl (C=O) groups is 2. The fraction of sp³-hybridized carbons (Fsp3) is 0.619. The van der Waals surface area contributed by atoms with E-state index in [4.69, 9.17) is 0 Å². The minimum absolute atomic E-state index is 0.0494. The second-order valence-electron chi connectivity index (χ2n) is 7.82. The lowest BCUT2D eigenvalue weighted by atomic mass is 9.94. The first-order valence-electron chi connectivity index (χ1n) is 10.1. The number of amides is 3. The van der Waals surface area contributed by atoms with Crippen molar-refractivity contribution in [3.05, 3.63) is 35.9 Å². The molecule has 2 aliphatic rings. The highest BCUT2D eigenvalue weighted by molar-refractivity contribution is 5.80. The van der Waals surface area contributed by atoms with Gasteiger partial charge in [0.15, 0.2) is 0 Å². The van der Waals surface area contributed by atoms with Crippen LogP contribution in [0.5, 0.6) is 0 Å². The van der Waals surface area contributed by atoms with Gasteiger partial charge in [0, 0.05) is 45.7 Å². The number of hydrogen-bond acceptors (Lipinski definition) is 3. The maximum absolute atomic E-state index is 12.8. The Kier molecular flexibility index (Phi) is 6.72. The molecule has 0 atom stereocenters. The van der Waals surface area contributed by atoms with Crippen molar-refractivity contribution in [2.45, 2.75) is 38.3 Å². The van der Waals surface area contributed by atoms with Crippen LogP contribution in [0.1, 0.15) is 31.2 Å². The second-order valence-corrected chi connectivity index (χ2v) is 7.82. The van der Waals surface area contributed by atoms with Crippen molar-refractivity contribution in [1.82, 2.24) is 20.0 Å². The number of nitrogens with one attached hydrogen (secondary N) is 1. The number of carbonyl (C=O) groups excluding carboxylic acids is 2. The van der Waals surface area contributed by atoms with E-state index in [0.29, 0.717) is 25.7 Å². The van der Waals surface area contributed by atoms with Gasteiger partial charge in [-0.3, -0.25) is 4.79 Å². The summed E-state index contributed by atoms with van der Waals surface area (Å²) in [5.41, 5.74) is 1.13. The van der Waals surface area contributed by atoms with Crippen molar-refractivity contribution in [1.29, 1.82) is 0 Å². The van der Waals surface area contributed by atoms with Crippen molar-refractivity contribution >= 4 is 11.9 Å². The van der Waals surface area contributed by atoms with Gasteiger partial charge in [-0.25, -0.2) is 4.79 Å². The predicted octanol–water partition coefficient (Wildman–Crippen LogP) is 2.16. The number of nitrogens with zero attached hydrogens (tertiary/aromatic N) is 3. The zero-order chi connectivity index (χ0) is 19.2. The van der Waals surface area contributed by atoms with Crippen LogP contribution in [0.3, 0.4) is 0 Å². The van der Waals surface area contributed by atoms with Crippen LogP contribution in [0.25, 0.3) is 0 Å². The van der Waals surface area contributed by atoms with Gasteiger partial charge >= 0.3 is 6.03 Å². The smallest absolute Gasteiger partial charge is 0.320 e. The van der Waals surface area contributed by atoms with Crippen LogP contribution in [0, 0.1) is 5.92 Å². The van der Waals surface area contributed by atoms with Gasteiger partial charge in [0.2, 0.25) is 5.91 Å². The molecule has 3 amide bonds. The Hall–Kier alpha value is -2.08. The predicted molar refractivity (Wildman–Crippen MR) is 106 cm³/mol. The van der Waals surface area contributed by atoms with E-state index in [0.717, 1.165) is 44.3 Å². The molecule has 2 aliphatic heterocycles. The first-order valence-corrected chi connectivity index (χ1v) is 10.1. The molecule has 0 bridgehead atoms. The van der Waals surface area contributed by atoms with Crippen molar-refractivity contribution in [3.63, 3.8) is 0 Å². The summed E-state index contributed by atoms with van der Waals surface area (Å²) in [6.07, 6.45) is 3.59. The summed E-state index contributed by atoms with van der Waals surface area (Å²) < 4.78 is 0. The van der Waals surface area contributed by atoms with E-state index in [1.807, 2.05) is 54.2 Å². The normalized spacial score (nSPS) is 19.0. The largest absolute Gasteiger partial charge is 0.342 e. The quantitative estimate of drug-likeness (QED) is 0.881. The molecule has 1 aromatic carbocycles. The van der Waals surface area contributed by atoms with E-state index in [1.165, 1.54) is 0 Å². The Morgan fingerprint density at radius 2 is 1.67 bits per heavy atom. The molecule has 0 aliphatic carbocycles. The zero-order valence-electron chi connectivity index (χ0n) is 16.6. The molecule has 0 radical (unpaired) electrons. The van der Waals surface area contributed by atoms with E-state index in [2.05, 4.69) is 5.32 Å². The lowest BCUT2D eigenvalue weighted by Crippen LogP contribution is -2.50. The fourth-order valence-electron chi connectivity index (χ4n) is 4.15. The van der Waals surface area contributed by atoms with Gasteiger partial charge in [0.25, 0.3) is 0 Å². The van der Waals surface area contributed by atoms with E-state index in [9.17, 15) is 9.59 Å². The first-order chi connectivity index (χ1) is 13.1. The van der Waals surface area contributed by atoms with Gasteiger partial charge in [-0.2, -0.15) is 0 Å². The zero-order valence-corrected chi connectivity index (χ0v) is 16.6. The molecule has 3 rings (SSSR count). The first kappa shape index (κ1) is 19.7. The maximum Gasteiger partial charge on any atom is 0.320 e. The van der Waals surface area contributed by atoms with E-state index < -0.39 is 0 Å². The van der Waals surface area contributed by atoms with Crippen LogP contribution in [-0.4, -0.2) is 73.0 Å². The van der Waals surface area contributed by atoms with E-state index in [1.54, 1.807) is 4.90 Å². The number of piperidine rings is 2. The van der Waals surface area contributed by atoms with Crippen molar-refractivity contribution in [2.75, 3.05) is 40.3 Å². The maximum atomic E-state index is 12.8. The summed E-state index contributed by atoms with van der Waals surface area (Å²) in [6, 6.07) is 10.4. The van der Waals surface area contributed by atoms with Gasteiger partial charge in [-0.15, -0.1) is 0 Å². The summed E-state index contributed by atoms with van der Waals surface area (Å²) >= 11 is 0. The molecular weight excluding hydrogens is 340 g/mol. The molecule has 27 heavy (non-hydrogen) atoms. The Balaban J connectivity index is 1.47. The SMILES string of the molecule is CN(Cc1ccccc1)C(=O)N1CCC(C(=O)N(C)C2CCNCC2)CC1. The standard InChI is InChI=1S/C21H32N4O2/c1-23(16-17-6-4-3-5-7-17)21(27)25-14-10-18(11-15-25)20(26)24(2)19-8-12-22-13-9-19/h3-7,18-19,22H,8-16H2,1-2H3. The summed E-state index contributed by atoms with van der Waals surface area (Å²) in [4.78, 5) is 31.2. The van der Waals surface area contributed by atoms with Crippen LogP contribution in [0.2, 0.25) is 0 Å². The fourth-order valence-corrected chi connectivity index (χ4v) is 4.15. The van der Waals surface area contributed by atoms with Gasteiger partial charge in [-0.1, -0.05) is 30.3 Å². The highest BCUT2D eigenvalue weighted by Crippen LogP contribution is 2.23. The molecule has 6 heteroatoms.